The van der Waals surface area contributed by atoms with Crippen LogP contribution in [0.25, 0.3) is 0 Å². The molecule has 0 unspecified atom stereocenters. The van der Waals surface area contributed by atoms with E-state index >= 15 is 0 Å². The average molecular weight is 420 g/mol. The predicted octanol–water partition coefficient (Wildman–Crippen LogP) is 5.77. The van der Waals surface area contributed by atoms with Crippen LogP contribution in [-0.4, -0.2) is 31.6 Å². The molecular formula is C25H41NO4. The number of esters is 1. The van der Waals surface area contributed by atoms with Crippen molar-refractivity contribution in [1.29, 1.82) is 5.26 Å². The van der Waals surface area contributed by atoms with Crippen molar-refractivity contribution in [2.24, 2.45) is 23.2 Å². The highest BCUT2D eigenvalue weighted by atomic mass is 16.7. The maximum absolute atomic E-state index is 12.8. The Kier molecular flexibility index (Phi) is 9.01. The Hall–Kier alpha value is -1.12. The predicted molar refractivity (Wildman–Crippen MR) is 115 cm³/mol. The van der Waals surface area contributed by atoms with Gasteiger partial charge in [0.2, 0.25) is 5.41 Å². The Labute approximate surface area is 182 Å². The molecule has 0 N–H and O–H groups in total. The topological polar surface area (TPSA) is 68.5 Å². The van der Waals surface area contributed by atoms with Crippen molar-refractivity contribution in [3.8, 4) is 6.07 Å². The van der Waals surface area contributed by atoms with E-state index in [4.69, 9.17) is 14.2 Å². The van der Waals surface area contributed by atoms with E-state index in [-0.39, 0.29) is 25.6 Å². The summed E-state index contributed by atoms with van der Waals surface area (Å²) in [6, 6.07) is 2.16. The van der Waals surface area contributed by atoms with Crippen LogP contribution < -0.4 is 0 Å². The molecule has 0 aromatic rings. The number of ether oxygens (including phenoxy) is 3. The summed E-state index contributed by atoms with van der Waals surface area (Å²) in [4.78, 5) is 12.8. The molecule has 30 heavy (non-hydrogen) atoms. The first-order valence-electron chi connectivity index (χ1n) is 12.5. The fraction of sp³-hybridized carbons (Fsp3) is 0.920. The fourth-order valence-corrected chi connectivity index (χ4v) is 5.39. The van der Waals surface area contributed by atoms with Crippen molar-refractivity contribution in [2.75, 3.05) is 13.2 Å². The van der Waals surface area contributed by atoms with Gasteiger partial charge in [-0.3, -0.25) is 4.79 Å². The third-order valence-electron chi connectivity index (χ3n) is 7.73. The molecule has 5 nitrogen and oxygen atoms in total. The highest BCUT2D eigenvalue weighted by molar-refractivity contribution is 5.80. The summed E-state index contributed by atoms with van der Waals surface area (Å²) >= 11 is 0. The van der Waals surface area contributed by atoms with E-state index in [1.54, 1.807) is 0 Å². The molecular weight excluding hydrogens is 378 g/mol. The van der Waals surface area contributed by atoms with Crippen LogP contribution in [-0.2, 0) is 19.0 Å². The van der Waals surface area contributed by atoms with Gasteiger partial charge in [0.15, 0.2) is 6.29 Å². The van der Waals surface area contributed by atoms with Crippen LogP contribution in [0.4, 0.5) is 0 Å². The van der Waals surface area contributed by atoms with Gasteiger partial charge in [-0.05, 0) is 63.2 Å². The summed E-state index contributed by atoms with van der Waals surface area (Å²) < 4.78 is 17.7. The number of unbranched alkanes of at least 4 members (excludes halogenated alkanes) is 2. The highest BCUT2D eigenvalue weighted by Crippen LogP contribution is 2.38. The SMILES string of the molecule is CCCCCC1CCC([C@H]2OC[C@@](C#N)(C(=O)OC3CCC(CC)CC3)CO2)CC1. The number of nitriles is 1. The minimum Gasteiger partial charge on any atom is -0.461 e. The minimum atomic E-state index is -1.31. The van der Waals surface area contributed by atoms with Crippen molar-refractivity contribution < 1.29 is 19.0 Å². The fourth-order valence-electron chi connectivity index (χ4n) is 5.39. The third kappa shape index (κ3) is 5.98. The van der Waals surface area contributed by atoms with E-state index in [0.717, 1.165) is 50.4 Å². The van der Waals surface area contributed by atoms with E-state index in [1.807, 2.05) is 0 Å². The van der Waals surface area contributed by atoms with E-state index in [1.165, 1.54) is 44.9 Å². The number of carbonyl (C=O) groups excluding carboxylic acids is 1. The highest BCUT2D eigenvalue weighted by Gasteiger charge is 2.48. The standard InChI is InChI=1S/C25H41NO4/c1-3-5-6-7-20-8-12-21(13-9-20)23-28-17-25(16-26,18-29-23)24(27)30-22-14-10-19(4-2)11-15-22/h19-23H,3-15,17-18H2,1-2H3/t19?,20?,21?,22?,23-,25+. The Morgan fingerprint density at radius 2 is 1.60 bits per heavy atom. The zero-order chi connectivity index (χ0) is 21.4. The summed E-state index contributed by atoms with van der Waals surface area (Å²) in [5.74, 6) is 1.51. The average Bonchev–Trinajstić information content (AvgIpc) is 2.80. The first-order chi connectivity index (χ1) is 14.6. The van der Waals surface area contributed by atoms with Crippen LogP contribution in [0.5, 0.6) is 0 Å². The summed E-state index contributed by atoms with van der Waals surface area (Å²) in [5, 5.41) is 9.74. The molecule has 0 atom stereocenters. The van der Waals surface area contributed by atoms with E-state index in [9.17, 15) is 10.1 Å². The zero-order valence-corrected chi connectivity index (χ0v) is 19.1. The molecule has 170 valence electrons. The van der Waals surface area contributed by atoms with E-state index in [2.05, 4.69) is 19.9 Å². The van der Waals surface area contributed by atoms with Gasteiger partial charge in [0.05, 0.1) is 19.3 Å². The Morgan fingerprint density at radius 3 is 2.17 bits per heavy atom. The molecule has 1 heterocycles. The lowest BCUT2D eigenvalue weighted by atomic mass is 9.79. The van der Waals surface area contributed by atoms with Gasteiger partial charge in [0.25, 0.3) is 0 Å². The smallest absolute Gasteiger partial charge is 0.331 e. The molecule has 0 bridgehead atoms. The molecule has 0 aromatic carbocycles. The van der Waals surface area contributed by atoms with Gasteiger partial charge in [-0.1, -0.05) is 46.0 Å². The van der Waals surface area contributed by atoms with Gasteiger partial charge in [-0.15, -0.1) is 0 Å². The molecule has 1 saturated heterocycles. The minimum absolute atomic E-state index is 0.0637. The van der Waals surface area contributed by atoms with Crippen LogP contribution in [0.15, 0.2) is 0 Å². The van der Waals surface area contributed by atoms with Gasteiger partial charge in [0.1, 0.15) is 6.10 Å². The van der Waals surface area contributed by atoms with Crippen LogP contribution >= 0.6 is 0 Å². The molecule has 1 aliphatic heterocycles. The Balaban J connectivity index is 1.43. The number of hydrogen-bond donors (Lipinski definition) is 0. The largest absolute Gasteiger partial charge is 0.461 e. The van der Waals surface area contributed by atoms with Crippen LogP contribution in [0.2, 0.25) is 0 Å². The second-order valence-corrected chi connectivity index (χ2v) is 9.92. The van der Waals surface area contributed by atoms with E-state index in [0.29, 0.717) is 5.92 Å². The normalized spacial score (nSPS) is 37.3. The second-order valence-electron chi connectivity index (χ2n) is 9.92. The molecule has 0 radical (unpaired) electrons. The summed E-state index contributed by atoms with van der Waals surface area (Å²) in [6.07, 6.45) is 14.9. The quantitative estimate of drug-likeness (QED) is 0.369. The van der Waals surface area contributed by atoms with Crippen LogP contribution in [0.3, 0.4) is 0 Å². The lowest BCUT2D eigenvalue weighted by molar-refractivity contribution is -0.247. The van der Waals surface area contributed by atoms with Gasteiger partial charge < -0.3 is 14.2 Å². The van der Waals surface area contributed by atoms with E-state index < -0.39 is 11.4 Å². The molecule has 0 amide bonds. The van der Waals surface area contributed by atoms with Crippen molar-refractivity contribution in [3.63, 3.8) is 0 Å². The molecule has 3 fully saturated rings. The van der Waals surface area contributed by atoms with Crippen LogP contribution in [0.1, 0.15) is 97.3 Å². The summed E-state index contributed by atoms with van der Waals surface area (Å²) in [7, 11) is 0. The number of rotatable bonds is 8. The Bertz CT molecular complexity index is 562. The lowest BCUT2D eigenvalue weighted by Crippen LogP contribution is -2.50. The van der Waals surface area contributed by atoms with Crippen molar-refractivity contribution >= 4 is 5.97 Å². The molecule has 2 aliphatic carbocycles. The van der Waals surface area contributed by atoms with Gasteiger partial charge in [-0.25, -0.2) is 0 Å². The van der Waals surface area contributed by atoms with Crippen molar-refractivity contribution in [2.45, 2.75) is 110 Å². The van der Waals surface area contributed by atoms with Gasteiger partial charge >= 0.3 is 5.97 Å². The molecule has 5 heteroatoms. The molecule has 2 saturated carbocycles. The lowest BCUT2D eigenvalue weighted by Gasteiger charge is -2.40. The first kappa shape index (κ1) is 23.5. The van der Waals surface area contributed by atoms with Gasteiger partial charge in [0, 0.05) is 5.92 Å². The van der Waals surface area contributed by atoms with Crippen molar-refractivity contribution in [1.82, 2.24) is 0 Å². The monoisotopic (exact) mass is 419 g/mol. The van der Waals surface area contributed by atoms with Crippen molar-refractivity contribution in [3.05, 3.63) is 0 Å². The summed E-state index contributed by atoms with van der Waals surface area (Å²) in [6.45, 7) is 4.65. The third-order valence-corrected chi connectivity index (χ3v) is 7.73. The number of hydrogen-bond acceptors (Lipinski definition) is 5. The first-order valence-corrected chi connectivity index (χ1v) is 12.5. The summed E-state index contributed by atoms with van der Waals surface area (Å²) in [5.41, 5.74) is -1.31. The van der Waals surface area contributed by atoms with Gasteiger partial charge in [-0.2, -0.15) is 5.26 Å². The molecule has 3 aliphatic rings. The molecule has 0 aromatic heterocycles. The molecule has 0 spiro atoms. The maximum atomic E-state index is 12.8. The van der Waals surface area contributed by atoms with Crippen LogP contribution in [0, 0.1) is 34.5 Å². The Morgan fingerprint density at radius 1 is 0.967 bits per heavy atom. The molecule has 3 rings (SSSR count). The maximum Gasteiger partial charge on any atom is 0.331 e. The second kappa shape index (κ2) is 11.5. The number of carbonyl (C=O) groups is 1. The number of nitrogens with zero attached hydrogens (tertiary/aromatic N) is 1. The zero-order valence-electron chi connectivity index (χ0n) is 19.1.